The first-order chi connectivity index (χ1) is 11.7. The van der Waals surface area contributed by atoms with E-state index in [0.29, 0.717) is 10.8 Å². The maximum absolute atomic E-state index is 14.4. The molecule has 0 heterocycles. The third kappa shape index (κ3) is 2.66. The summed E-state index contributed by atoms with van der Waals surface area (Å²) in [5.41, 5.74) is -4.61. The number of benzene rings is 3. The molecule has 3 rings (SSSR count). The van der Waals surface area contributed by atoms with Crippen LogP contribution in [0.4, 0.5) is 22.0 Å². The summed E-state index contributed by atoms with van der Waals surface area (Å²) in [6, 6.07) is 16.5. The fourth-order valence-electron chi connectivity index (χ4n) is 2.83. The van der Waals surface area contributed by atoms with Gasteiger partial charge in [-0.25, -0.2) is 0 Å². The highest BCUT2D eigenvalue weighted by molar-refractivity contribution is 5.83. The minimum absolute atomic E-state index is 0.451. The van der Waals surface area contributed by atoms with Gasteiger partial charge in [-0.2, -0.15) is 22.0 Å². The summed E-state index contributed by atoms with van der Waals surface area (Å²) in [4.78, 5) is 0. The van der Waals surface area contributed by atoms with E-state index < -0.39 is 28.8 Å². The van der Waals surface area contributed by atoms with Gasteiger partial charge >= 0.3 is 12.1 Å². The van der Waals surface area contributed by atoms with Gasteiger partial charge in [-0.05, 0) is 28.0 Å². The number of halogens is 5. The van der Waals surface area contributed by atoms with Crippen LogP contribution < -0.4 is 0 Å². The lowest BCUT2D eigenvalue weighted by Gasteiger charge is -2.37. The summed E-state index contributed by atoms with van der Waals surface area (Å²) in [6.07, 6.45) is -5.93. The average Bonchev–Trinajstić information content (AvgIpc) is 2.60. The largest absolute Gasteiger partial charge is 0.457 e. The van der Waals surface area contributed by atoms with Crippen molar-refractivity contribution < 1.29 is 27.1 Å². The lowest BCUT2D eigenvalue weighted by atomic mass is 9.80. The molecule has 0 aliphatic rings. The van der Waals surface area contributed by atoms with Gasteiger partial charge in [0.2, 0.25) is 0 Å². The van der Waals surface area contributed by atoms with Gasteiger partial charge < -0.3 is 5.11 Å². The standard InChI is InChI=1S/C19H13F5O/c20-18(21,19(22,23)24)17(25,15-8-2-1-3-9-15)16-11-10-13-6-4-5-7-14(13)12-16/h1-12,25H. The van der Waals surface area contributed by atoms with Gasteiger partial charge in [-0.3, -0.25) is 0 Å². The Morgan fingerprint density at radius 2 is 1.16 bits per heavy atom. The molecule has 3 aromatic carbocycles. The summed E-state index contributed by atoms with van der Waals surface area (Å²) in [5.74, 6) is -5.39. The average molecular weight is 352 g/mol. The van der Waals surface area contributed by atoms with E-state index in [4.69, 9.17) is 0 Å². The molecule has 1 nitrogen and oxygen atoms in total. The first kappa shape index (κ1) is 17.4. The summed E-state index contributed by atoms with van der Waals surface area (Å²) < 4.78 is 68.1. The van der Waals surface area contributed by atoms with Crippen LogP contribution in [0.3, 0.4) is 0 Å². The van der Waals surface area contributed by atoms with Gasteiger partial charge in [0.25, 0.3) is 0 Å². The highest BCUT2D eigenvalue weighted by Crippen LogP contribution is 2.51. The summed E-state index contributed by atoms with van der Waals surface area (Å²) in [5, 5.41) is 11.8. The molecule has 0 aliphatic carbocycles. The predicted octanol–water partition coefficient (Wildman–Crippen LogP) is 5.27. The molecule has 6 heteroatoms. The Balaban J connectivity index is 2.30. The van der Waals surface area contributed by atoms with Crippen molar-refractivity contribution in [2.45, 2.75) is 17.7 Å². The van der Waals surface area contributed by atoms with Crippen LogP contribution in [0, 0.1) is 0 Å². The molecule has 1 unspecified atom stereocenters. The van der Waals surface area contributed by atoms with E-state index in [9.17, 15) is 27.1 Å². The van der Waals surface area contributed by atoms with Crippen LogP contribution in [0.1, 0.15) is 11.1 Å². The Morgan fingerprint density at radius 3 is 1.76 bits per heavy atom. The van der Waals surface area contributed by atoms with Crippen molar-refractivity contribution in [3.8, 4) is 0 Å². The summed E-state index contributed by atoms with van der Waals surface area (Å²) in [6.45, 7) is 0. The van der Waals surface area contributed by atoms with Crippen molar-refractivity contribution in [2.24, 2.45) is 0 Å². The van der Waals surface area contributed by atoms with Crippen LogP contribution in [0.2, 0.25) is 0 Å². The van der Waals surface area contributed by atoms with Crippen LogP contribution >= 0.6 is 0 Å². The zero-order valence-electron chi connectivity index (χ0n) is 12.8. The summed E-state index contributed by atoms with van der Waals surface area (Å²) >= 11 is 0. The zero-order chi connectivity index (χ0) is 18.3. The third-order valence-electron chi connectivity index (χ3n) is 4.17. The molecule has 3 aromatic rings. The number of hydrogen-bond donors (Lipinski definition) is 1. The van der Waals surface area contributed by atoms with E-state index in [-0.39, 0.29) is 0 Å². The van der Waals surface area contributed by atoms with E-state index in [2.05, 4.69) is 0 Å². The Hall–Kier alpha value is -2.47. The quantitative estimate of drug-likeness (QED) is 0.637. The van der Waals surface area contributed by atoms with E-state index in [0.717, 1.165) is 24.3 Å². The minimum atomic E-state index is -5.93. The lowest BCUT2D eigenvalue weighted by Crippen LogP contribution is -2.55. The van der Waals surface area contributed by atoms with E-state index in [1.54, 1.807) is 24.3 Å². The molecule has 130 valence electrons. The van der Waals surface area contributed by atoms with Gasteiger partial charge in [0.1, 0.15) is 0 Å². The molecule has 1 N–H and O–H groups in total. The van der Waals surface area contributed by atoms with Crippen molar-refractivity contribution in [3.05, 3.63) is 83.9 Å². The predicted molar refractivity (Wildman–Crippen MR) is 84.4 cm³/mol. The minimum Gasteiger partial charge on any atom is -0.374 e. The molecule has 0 saturated carbocycles. The normalized spacial score (nSPS) is 15.1. The van der Waals surface area contributed by atoms with Crippen molar-refractivity contribution >= 4 is 10.8 Å². The SMILES string of the molecule is OC(c1ccccc1)(c1ccc2ccccc2c1)C(F)(F)C(F)(F)F. The van der Waals surface area contributed by atoms with Gasteiger partial charge in [0.05, 0.1) is 0 Å². The van der Waals surface area contributed by atoms with E-state index in [1.807, 2.05) is 0 Å². The molecular weight excluding hydrogens is 339 g/mol. The highest BCUT2D eigenvalue weighted by Gasteiger charge is 2.71. The number of fused-ring (bicyclic) bond motifs is 1. The maximum Gasteiger partial charge on any atom is 0.457 e. The van der Waals surface area contributed by atoms with Gasteiger partial charge in [-0.15, -0.1) is 0 Å². The molecule has 0 amide bonds. The molecule has 0 radical (unpaired) electrons. The number of rotatable bonds is 3. The van der Waals surface area contributed by atoms with Crippen LogP contribution in [0.15, 0.2) is 72.8 Å². The number of alkyl halides is 5. The second-order valence-corrected chi connectivity index (χ2v) is 5.71. The smallest absolute Gasteiger partial charge is 0.374 e. The number of hydrogen-bond acceptors (Lipinski definition) is 1. The van der Waals surface area contributed by atoms with Crippen molar-refractivity contribution in [1.29, 1.82) is 0 Å². The van der Waals surface area contributed by atoms with E-state index in [1.165, 1.54) is 24.3 Å². The van der Waals surface area contributed by atoms with Crippen molar-refractivity contribution in [3.63, 3.8) is 0 Å². The molecule has 1 atom stereocenters. The van der Waals surface area contributed by atoms with Gasteiger partial charge in [-0.1, -0.05) is 66.7 Å². The molecule has 0 saturated heterocycles. The lowest BCUT2D eigenvalue weighted by molar-refractivity contribution is -0.336. The third-order valence-corrected chi connectivity index (χ3v) is 4.17. The van der Waals surface area contributed by atoms with Crippen molar-refractivity contribution in [1.82, 2.24) is 0 Å². The van der Waals surface area contributed by atoms with Crippen LogP contribution in [0.25, 0.3) is 10.8 Å². The number of aliphatic hydroxyl groups is 1. The molecule has 0 aliphatic heterocycles. The molecule has 0 bridgehead atoms. The highest BCUT2D eigenvalue weighted by atomic mass is 19.4. The van der Waals surface area contributed by atoms with Crippen LogP contribution in [-0.2, 0) is 5.60 Å². The second-order valence-electron chi connectivity index (χ2n) is 5.71. The Bertz CT molecular complexity index is 889. The molecular formula is C19H13F5O. The topological polar surface area (TPSA) is 20.2 Å². The van der Waals surface area contributed by atoms with Gasteiger partial charge in [0.15, 0.2) is 5.60 Å². The second kappa shape index (κ2) is 5.81. The zero-order valence-corrected chi connectivity index (χ0v) is 12.8. The van der Waals surface area contributed by atoms with Crippen LogP contribution in [-0.4, -0.2) is 17.2 Å². The Kier molecular flexibility index (Phi) is 4.03. The monoisotopic (exact) mass is 352 g/mol. The first-order valence-corrected chi connectivity index (χ1v) is 7.39. The fraction of sp³-hybridized carbons (Fsp3) is 0.158. The summed E-state index contributed by atoms with van der Waals surface area (Å²) in [7, 11) is 0. The fourth-order valence-corrected chi connectivity index (χ4v) is 2.83. The molecule has 25 heavy (non-hydrogen) atoms. The molecule has 0 aromatic heterocycles. The van der Waals surface area contributed by atoms with Crippen molar-refractivity contribution in [2.75, 3.05) is 0 Å². The van der Waals surface area contributed by atoms with Gasteiger partial charge in [0, 0.05) is 0 Å². The molecule has 0 spiro atoms. The Labute approximate surface area is 140 Å². The van der Waals surface area contributed by atoms with E-state index >= 15 is 0 Å². The Morgan fingerprint density at radius 1 is 0.600 bits per heavy atom. The first-order valence-electron chi connectivity index (χ1n) is 7.39. The van der Waals surface area contributed by atoms with Crippen LogP contribution in [0.5, 0.6) is 0 Å². The molecule has 0 fully saturated rings. The maximum atomic E-state index is 14.4.